The number of rotatable bonds is 4. The molecule has 2 heterocycles. The number of fused-ring (bicyclic) bond motifs is 2. The Balaban J connectivity index is 1.95. The first-order valence-corrected chi connectivity index (χ1v) is 11.6. The molecular formula is C25H27ClO8. The van der Waals surface area contributed by atoms with Crippen molar-refractivity contribution in [2.24, 2.45) is 5.92 Å². The Bertz CT molecular complexity index is 1230. The van der Waals surface area contributed by atoms with E-state index in [0.717, 1.165) is 0 Å². The molecule has 2 aliphatic heterocycles. The van der Waals surface area contributed by atoms with Gasteiger partial charge in [-0.25, -0.2) is 0 Å². The number of phenols is 4. The van der Waals surface area contributed by atoms with E-state index < -0.39 is 39.6 Å². The van der Waals surface area contributed by atoms with Crippen molar-refractivity contribution >= 4 is 23.2 Å². The second-order valence-electron chi connectivity index (χ2n) is 9.16. The van der Waals surface area contributed by atoms with Crippen molar-refractivity contribution in [3.8, 4) is 34.5 Å². The van der Waals surface area contributed by atoms with E-state index in [4.69, 9.17) is 21.1 Å². The van der Waals surface area contributed by atoms with E-state index in [1.165, 1.54) is 0 Å². The highest BCUT2D eigenvalue weighted by molar-refractivity contribution is 6.34. The predicted octanol–water partition coefficient (Wildman–Crippen LogP) is 4.80. The number of carbonyl (C=O) groups is 2. The molecule has 2 atom stereocenters. The number of benzene rings is 2. The van der Waals surface area contributed by atoms with Crippen LogP contribution in [0.2, 0.25) is 5.02 Å². The van der Waals surface area contributed by atoms with Crippen LogP contribution in [0.5, 0.6) is 34.5 Å². The second kappa shape index (κ2) is 8.27. The maximum absolute atomic E-state index is 13.0. The highest BCUT2D eigenvalue weighted by Crippen LogP contribution is 2.53. The predicted molar refractivity (Wildman–Crippen MR) is 124 cm³/mol. The van der Waals surface area contributed by atoms with Gasteiger partial charge in [0, 0.05) is 23.1 Å². The van der Waals surface area contributed by atoms with Gasteiger partial charge in [-0.2, -0.15) is 0 Å². The van der Waals surface area contributed by atoms with Gasteiger partial charge in [-0.3, -0.25) is 9.59 Å². The number of Topliss-reactive ketones (excluding diaryl/α,β-unsaturated/α-hetero) is 2. The molecule has 2 aliphatic rings. The van der Waals surface area contributed by atoms with Crippen LogP contribution in [0, 0.1) is 12.8 Å². The van der Waals surface area contributed by atoms with Gasteiger partial charge in [0.1, 0.15) is 50.5 Å². The van der Waals surface area contributed by atoms with E-state index in [0.29, 0.717) is 12.8 Å². The topological polar surface area (TPSA) is 134 Å². The van der Waals surface area contributed by atoms with E-state index in [9.17, 15) is 30.0 Å². The lowest BCUT2D eigenvalue weighted by molar-refractivity contribution is 0.0485. The Morgan fingerprint density at radius 2 is 1.65 bits per heavy atom. The molecule has 0 fully saturated rings. The average molecular weight is 491 g/mol. The molecule has 34 heavy (non-hydrogen) atoms. The number of phenolic OH excluding ortho intramolecular Hbond substituents is 4. The summed E-state index contributed by atoms with van der Waals surface area (Å²) in [6.07, 6.45) is 0.668. The van der Waals surface area contributed by atoms with Crippen LogP contribution in [0.15, 0.2) is 0 Å². The maximum Gasteiger partial charge on any atom is 0.176 e. The van der Waals surface area contributed by atoms with Gasteiger partial charge < -0.3 is 29.9 Å². The smallest absolute Gasteiger partial charge is 0.176 e. The van der Waals surface area contributed by atoms with Crippen LogP contribution in [0.1, 0.15) is 77.4 Å². The Morgan fingerprint density at radius 3 is 2.26 bits per heavy atom. The summed E-state index contributed by atoms with van der Waals surface area (Å²) in [5, 5.41) is 42.8. The standard InChI is InChI=1S/C25H27ClO8/c1-5-11-9-33-23-10(3)18(28)12(20(30)16(23)19(11)29)7-13-21(31)17(26)22(32)15-14(27)8-25(4,6-2)34-24(13)15/h11,28,30-32H,5-9H2,1-4H3. The molecule has 0 radical (unpaired) electrons. The van der Waals surface area contributed by atoms with Crippen LogP contribution in [-0.2, 0) is 6.42 Å². The molecule has 0 saturated heterocycles. The molecule has 2 aromatic rings. The first-order chi connectivity index (χ1) is 16.0. The van der Waals surface area contributed by atoms with Crippen LogP contribution < -0.4 is 9.47 Å². The van der Waals surface area contributed by atoms with Crippen molar-refractivity contribution < 1.29 is 39.5 Å². The van der Waals surface area contributed by atoms with Gasteiger partial charge in [0.25, 0.3) is 0 Å². The van der Waals surface area contributed by atoms with Gasteiger partial charge in [0.05, 0.1) is 18.9 Å². The minimum absolute atomic E-state index is 0.00328. The molecule has 0 aliphatic carbocycles. The van der Waals surface area contributed by atoms with Crippen LogP contribution in [0.4, 0.5) is 0 Å². The second-order valence-corrected chi connectivity index (χ2v) is 9.54. The Labute approximate surface area is 201 Å². The third-order valence-corrected chi connectivity index (χ3v) is 7.33. The van der Waals surface area contributed by atoms with Crippen molar-refractivity contribution in [3.05, 3.63) is 32.8 Å². The van der Waals surface area contributed by atoms with E-state index >= 15 is 0 Å². The Hall–Kier alpha value is -3.13. The zero-order valence-corrected chi connectivity index (χ0v) is 20.2. The molecule has 0 amide bonds. The van der Waals surface area contributed by atoms with Gasteiger partial charge in [-0.15, -0.1) is 0 Å². The lowest BCUT2D eigenvalue weighted by Gasteiger charge is -2.36. The van der Waals surface area contributed by atoms with Crippen LogP contribution in [-0.4, -0.2) is 44.2 Å². The number of carbonyl (C=O) groups excluding carboxylic acids is 2. The summed E-state index contributed by atoms with van der Waals surface area (Å²) in [6, 6.07) is 0. The van der Waals surface area contributed by atoms with Crippen LogP contribution in [0.3, 0.4) is 0 Å². The largest absolute Gasteiger partial charge is 0.507 e. The molecular weight excluding hydrogens is 464 g/mol. The number of ether oxygens (including phenoxy) is 2. The summed E-state index contributed by atoms with van der Waals surface area (Å²) in [5.74, 6) is -3.03. The molecule has 9 heteroatoms. The molecule has 2 aromatic carbocycles. The van der Waals surface area contributed by atoms with Crippen molar-refractivity contribution in [2.75, 3.05) is 6.61 Å². The molecule has 182 valence electrons. The number of halogens is 1. The molecule has 4 rings (SSSR count). The lowest BCUT2D eigenvalue weighted by Crippen LogP contribution is -2.39. The highest BCUT2D eigenvalue weighted by atomic mass is 35.5. The van der Waals surface area contributed by atoms with Gasteiger partial charge in [-0.1, -0.05) is 25.4 Å². The monoisotopic (exact) mass is 490 g/mol. The average Bonchev–Trinajstić information content (AvgIpc) is 2.80. The van der Waals surface area contributed by atoms with Gasteiger partial charge >= 0.3 is 0 Å². The Kier molecular flexibility index (Phi) is 5.84. The normalized spacial score (nSPS) is 21.5. The molecule has 8 nitrogen and oxygen atoms in total. The third kappa shape index (κ3) is 3.43. The molecule has 0 saturated carbocycles. The number of ketones is 2. The van der Waals surface area contributed by atoms with Gasteiger partial charge in [-0.05, 0) is 26.7 Å². The summed E-state index contributed by atoms with van der Waals surface area (Å²) in [5.41, 5.74) is -0.866. The SMILES string of the molecule is CCC1COc2c(C)c(O)c(Cc3c(O)c(Cl)c(O)c4c3OC(C)(CC)CC4=O)c(O)c2C1=O. The third-order valence-electron chi connectivity index (χ3n) is 6.97. The zero-order valence-electron chi connectivity index (χ0n) is 19.4. The minimum atomic E-state index is -0.889. The van der Waals surface area contributed by atoms with E-state index in [-0.39, 0.29) is 70.3 Å². The maximum atomic E-state index is 13.0. The molecule has 0 spiro atoms. The molecule has 0 aromatic heterocycles. The van der Waals surface area contributed by atoms with Gasteiger partial charge in [0.15, 0.2) is 17.3 Å². The zero-order chi connectivity index (χ0) is 25.1. The fraction of sp³-hybridized carbons (Fsp3) is 0.440. The van der Waals surface area contributed by atoms with E-state index in [1.54, 1.807) is 13.8 Å². The quantitative estimate of drug-likeness (QED) is 0.480. The molecule has 4 N–H and O–H groups in total. The number of aromatic hydroxyl groups is 4. The van der Waals surface area contributed by atoms with Gasteiger partial charge in [0.2, 0.25) is 0 Å². The molecule has 2 unspecified atom stereocenters. The highest BCUT2D eigenvalue weighted by Gasteiger charge is 2.41. The first kappa shape index (κ1) is 24.0. The van der Waals surface area contributed by atoms with Crippen molar-refractivity contribution in [1.82, 2.24) is 0 Å². The van der Waals surface area contributed by atoms with Crippen LogP contribution >= 0.6 is 11.6 Å². The van der Waals surface area contributed by atoms with Crippen molar-refractivity contribution in [3.63, 3.8) is 0 Å². The summed E-state index contributed by atoms with van der Waals surface area (Å²) in [6.45, 7) is 7.12. The van der Waals surface area contributed by atoms with Crippen molar-refractivity contribution in [2.45, 2.75) is 59.0 Å². The summed E-state index contributed by atoms with van der Waals surface area (Å²) >= 11 is 6.14. The van der Waals surface area contributed by atoms with E-state index in [1.807, 2.05) is 13.8 Å². The lowest BCUT2D eigenvalue weighted by atomic mass is 9.85. The summed E-state index contributed by atoms with van der Waals surface area (Å²) < 4.78 is 11.8. The fourth-order valence-corrected chi connectivity index (χ4v) is 4.78. The first-order valence-electron chi connectivity index (χ1n) is 11.2. The fourth-order valence-electron chi connectivity index (χ4n) is 4.58. The summed E-state index contributed by atoms with van der Waals surface area (Å²) in [4.78, 5) is 25.9. The molecule has 0 bridgehead atoms. The summed E-state index contributed by atoms with van der Waals surface area (Å²) in [7, 11) is 0. The van der Waals surface area contributed by atoms with Crippen LogP contribution in [0.25, 0.3) is 0 Å². The number of hydrogen-bond donors (Lipinski definition) is 4. The minimum Gasteiger partial charge on any atom is -0.507 e. The number of hydrogen-bond acceptors (Lipinski definition) is 8. The Morgan fingerprint density at radius 1 is 0.971 bits per heavy atom. The van der Waals surface area contributed by atoms with E-state index in [2.05, 4.69) is 0 Å². The van der Waals surface area contributed by atoms with Crippen molar-refractivity contribution in [1.29, 1.82) is 0 Å².